The number of aromatic nitrogens is 2. The molecule has 1 N–H and O–H groups in total. The van der Waals surface area contributed by atoms with Crippen molar-refractivity contribution in [3.05, 3.63) is 95.8 Å². The van der Waals surface area contributed by atoms with Crippen LogP contribution in [0.1, 0.15) is 34.3 Å². The maximum absolute atomic E-state index is 12.9. The molecule has 33 heavy (non-hydrogen) atoms. The molecular weight excluding hydrogens is 430 g/mol. The van der Waals surface area contributed by atoms with E-state index < -0.39 is 0 Å². The van der Waals surface area contributed by atoms with E-state index in [2.05, 4.69) is 45.2 Å². The molecule has 0 saturated carbocycles. The van der Waals surface area contributed by atoms with E-state index in [4.69, 9.17) is 4.74 Å². The molecule has 3 aromatic carbocycles. The Kier molecular flexibility index (Phi) is 6.74. The van der Waals surface area contributed by atoms with E-state index in [-0.39, 0.29) is 5.91 Å². The van der Waals surface area contributed by atoms with Gasteiger partial charge >= 0.3 is 0 Å². The Morgan fingerprint density at radius 1 is 1.03 bits per heavy atom. The van der Waals surface area contributed by atoms with Crippen LogP contribution >= 0.6 is 11.8 Å². The number of carbonyl (C=O) groups is 1. The first-order valence-electron chi connectivity index (χ1n) is 11.4. The molecule has 1 unspecified atom stereocenters. The first kappa shape index (κ1) is 21.7. The van der Waals surface area contributed by atoms with Crippen LogP contribution in [0.25, 0.3) is 11.0 Å². The number of ether oxygens (including phenoxy) is 1. The van der Waals surface area contributed by atoms with Gasteiger partial charge in [0.25, 0.3) is 5.91 Å². The molecule has 1 aliphatic heterocycles. The van der Waals surface area contributed by atoms with Gasteiger partial charge in [0.15, 0.2) is 0 Å². The number of benzene rings is 3. The fraction of sp³-hybridized carbons (Fsp3) is 0.259. The second-order valence-corrected chi connectivity index (χ2v) is 9.36. The van der Waals surface area contributed by atoms with Crippen LogP contribution in [0.15, 0.2) is 84.0 Å². The molecule has 0 spiro atoms. The Morgan fingerprint density at radius 3 is 2.67 bits per heavy atom. The Labute approximate surface area is 198 Å². The van der Waals surface area contributed by atoms with Crippen molar-refractivity contribution in [2.75, 3.05) is 12.4 Å². The maximum Gasteiger partial charge on any atom is 0.252 e. The highest BCUT2D eigenvalue weighted by atomic mass is 32.2. The SMILES string of the molecule is O=C(NCc1ccc(Cn2cnc3ccccc32)cc1)c1ccccc1SCC1CCCO1. The van der Waals surface area contributed by atoms with Crippen molar-refractivity contribution in [2.45, 2.75) is 36.9 Å². The normalized spacial score (nSPS) is 15.7. The number of nitrogens with one attached hydrogen (secondary N) is 1. The average molecular weight is 458 g/mol. The summed E-state index contributed by atoms with van der Waals surface area (Å²) in [5.41, 5.74) is 5.14. The van der Waals surface area contributed by atoms with Gasteiger partial charge in [0, 0.05) is 30.3 Å². The van der Waals surface area contributed by atoms with E-state index >= 15 is 0 Å². The average Bonchev–Trinajstić information content (AvgIpc) is 3.53. The van der Waals surface area contributed by atoms with Crippen LogP contribution in [0, 0.1) is 0 Å². The van der Waals surface area contributed by atoms with Gasteiger partial charge in [-0.25, -0.2) is 4.98 Å². The Balaban J connectivity index is 1.18. The van der Waals surface area contributed by atoms with Gasteiger partial charge in [0.05, 0.1) is 29.0 Å². The van der Waals surface area contributed by atoms with E-state index in [9.17, 15) is 4.79 Å². The lowest BCUT2D eigenvalue weighted by molar-refractivity contribution is 0.0947. The van der Waals surface area contributed by atoms with Crippen LogP contribution in [0.4, 0.5) is 0 Å². The molecule has 1 aliphatic rings. The molecule has 0 radical (unpaired) electrons. The Hall–Kier alpha value is -3.09. The van der Waals surface area contributed by atoms with Gasteiger partial charge in [-0.05, 0) is 48.2 Å². The van der Waals surface area contributed by atoms with Gasteiger partial charge in [-0.2, -0.15) is 0 Å². The fourth-order valence-corrected chi connectivity index (χ4v) is 5.23. The first-order chi connectivity index (χ1) is 16.3. The van der Waals surface area contributed by atoms with Crippen LogP contribution in [0.5, 0.6) is 0 Å². The Bertz CT molecular complexity index is 1230. The number of nitrogens with zero attached hydrogens (tertiary/aromatic N) is 2. The van der Waals surface area contributed by atoms with Crippen molar-refractivity contribution in [3.63, 3.8) is 0 Å². The topological polar surface area (TPSA) is 56.2 Å². The minimum absolute atomic E-state index is 0.0422. The zero-order valence-corrected chi connectivity index (χ0v) is 19.3. The molecule has 4 aromatic rings. The maximum atomic E-state index is 12.9. The van der Waals surface area contributed by atoms with Crippen molar-refractivity contribution < 1.29 is 9.53 Å². The van der Waals surface area contributed by atoms with E-state index in [0.717, 1.165) is 58.8 Å². The lowest BCUT2D eigenvalue weighted by Gasteiger charge is -2.12. The highest BCUT2D eigenvalue weighted by Gasteiger charge is 2.18. The van der Waals surface area contributed by atoms with Gasteiger partial charge in [0.2, 0.25) is 0 Å². The molecule has 1 aromatic heterocycles. The zero-order valence-electron chi connectivity index (χ0n) is 18.4. The lowest BCUT2D eigenvalue weighted by atomic mass is 10.1. The number of hydrogen-bond acceptors (Lipinski definition) is 4. The number of rotatable bonds is 8. The second-order valence-electron chi connectivity index (χ2n) is 8.30. The summed E-state index contributed by atoms with van der Waals surface area (Å²) in [5.74, 6) is 0.845. The lowest BCUT2D eigenvalue weighted by Crippen LogP contribution is -2.23. The molecule has 6 heteroatoms. The summed E-state index contributed by atoms with van der Waals surface area (Å²) in [5, 5.41) is 3.07. The molecule has 2 heterocycles. The number of imidazole rings is 1. The number of hydrogen-bond donors (Lipinski definition) is 1. The van der Waals surface area contributed by atoms with Crippen LogP contribution in [0.3, 0.4) is 0 Å². The summed E-state index contributed by atoms with van der Waals surface area (Å²) in [6.07, 6.45) is 4.41. The molecule has 1 amide bonds. The fourth-order valence-electron chi connectivity index (χ4n) is 4.11. The summed E-state index contributed by atoms with van der Waals surface area (Å²) in [6, 6.07) is 24.3. The molecule has 1 fully saturated rings. The Morgan fingerprint density at radius 2 is 1.82 bits per heavy atom. The number of para-hydroxylation sites is 2. The molecule has 0 aliphatic carbocycles. The van der Waals surface area contributed by atoms with Crippen LogP contribution in [-0.2, 0) is 17.8 Å². The largest absolute Gasteiger partial charge is 0.377 e. The third kappa shape index (κ3) is 5.29. The van der Waals surface area contributed by atoms with E-state index in [1.165, 1.54) is 5.56 Å². The van der Waals surface area contributed by atoms with E-state index in [0.29, 0.717) is 12.6 Å². The summed E-state index contributed by atoms with van der Waals surface area (Å²) in [4.78, 5) is 18.3. The van der Waals surface area contributed by atoms with E-state index in [1.807, 2.05) is 48.8 Å². The van der Waals surface area contributed by atoms with Crippen molar-refractivity contribution in [1.82, 2.24) is 14.9 Å². The summed E-state index contributed by atoms with van der Waals surface area (Å²) < 4.78 is 7.87. The quantitative estimate of drug-likeness (QED) is 0.366. The van der Waals surface area contributed by atoms with Crippen molar-refractivity contribution in [2.24, 2.45) is 0 Å². The molecule has 5 rings (SSSR count). The van der Waals surface area contributed by atoms with Crippen LogP contribution in [0.2, 0.25) is 0 Å². The summed E-state index contributed by atoms with van der Waals surface area (Å²) in [6.45, 7) is 2.12. The first-order valence-corrected chi connectivity index (χ1v) is 12.3. The smallest absolute Gasteiger partial charge is 0.252 e. The van der Waals surface area contributed by atoms with Crippen molar-refractivity contribution >= 4 is 28.7 Å². The van der Waals surface area contributed by atoms with Crippen LogP contribution < -0.4 is 5.32 Å². The number of fused-ring (bicyclic) bond motifs is 1. The highest BCUT2D eigenvalue weighted by molar-refractivity contribution is 7.99. The van der Waals surface area contributed by atoms with E-state index in [1.54, 1.807) is 11.8 Å². The predicted octanol–water partition coefficient (Wildman–Crippen LogP) is 5.29. The minimum Gasteiger partial charge on any atom is -0.377 e. The van der Waals surface area contributed by atoms with Gasteiger partial charge in [-0.15, -0.1) is 11.8 Å². The number of amides is 1. The third-order valence-corrected chi connectivity index (χ3v) is 7.14. The summed E-state index contributed by atoms with van der Waals surface area (Å²) in [7, 11) is 0. The van der Waals surface area contributed by atoms with Gasteiger partial charge in [0.1, 0.15) is 0 Å². The van der Waals surface area contributed by atoms with Gasteiger partial charge in [-0.1, -0.05) is 48.5 Å². The van der Waals surface area contributed by atoms with Crippen LogP contribution in [-0.4, -0.2) is 33.9 Å². The van der Waals surface area contributed by atoms with Crippen molar-refractivity contribution in [3.8, 4) is 0 Å². The minimum atomic E-state index is -0.0422. The molecular formula is C27H27N3O2S. The zero-order chi connectivity index (χ0) is 22.5. The monoisotopic (exact) mass is 457 g/mol. The van der Waals surface area contributed by atoms with Gasteiger partial charge in [-0.3, -0.25) is 4.79 Å². The number of carbonyl (C=O) groups excluding carboxylic acids is 1. The highest BCUT2D eigenvalue weighted by Crippen LogP contribution is 2.27. The third-order valence-electron chi connectivity index (χ3n) is 5.94. The van der Waals surface area contributed by atoms with Gasteiger partial charge < -0.3 is 14.6 Å². The molecule has 0 bridgehead atoms. The second kappa shape index (κ2) is 10.2. The van der Waals surface area contributed by atoms with Crippen molar-refractivity contribution in [1.29, 1.82) is 0 Å². The molecule has 1 atom stereocenters. The number of thioether (sulfide) groups is 1. The standard InChI is InChI=1S/C27H27N3O2S/c31-27(23-7-1-4-10-26(23)33-18-22-6-5-15-32-22)28-16-20-11-13-21(14-12-20)17-30-19-29-24-8-2-3-9-25(24)30/h1-4,7-14,19,22H,5-6,15-18H2,(H,28,31). The predicted molar refractivity (Wildman–Crippen MR) is 133 cm³/mol. The summed E-state index contributed by atoms with van der Waals surface area (Å²) >= 11 is 1.71. The molecule has 1 saturated heterocycles. The molecule has 168 valence electrons. The molecule has 5 nitrogen and oxygen atoms in total.